The van der Waals surface area contributed by atoms with Gasteiger partial charge in [-0.1, -0.05) is 6.07 Å². The second-order valence-electron chi connectivity index (χ2n) is 6.98. The Hall–Kier alpha value is -1.34. The van der Waals surface area contributed by atoms with Crippen molar-refractivity contribution in [3.8, 4) is 5.88 Å². The summed E-state index contributed by atoms with van der Waals surface area (Å²) in [6.07, 6.45) is 0.130. The van der Waals surface area contributed by atoms with Gasteiger partial charge in [0.2, 0.25) is 5.88 Å². The Morgan fingerprint density at radius 3 is 2.58 bits per heavy atom. The lowest BCUT2D eigenvalue weighted by Crippen LogP contribution is -2.47. The molecule has 2 rings (SSSR count). The number of methoxy groups -OCH3 is 1. The first kappa shape index (κ1) is 27.7. The highest BCUT2D eigenvalue weighted by Gasteiger charge is 2.28. The fraction of sp³-hybridized carbons (Fsp3) is 0.700. The minimum Gasteiger partial charge on any atom is -0.468 e. The number of rotatable bonds is 10. The molecule has 31 heavy (non-hydrogen) atoms. The van der Waals surface area contributed by atoms with E-state index in [1.807, 2.05) is 6.92 Å². The lowest BCUT2D eigenvalue weighted by atomic mass is 10.1. The molecular formula is C20H32F3IN4O3. The van der Waals surface area contributed by atoms with E-state index in [2.05, 4.69) is 24.9 Å². The highest BCUT2D eigenvalue weighted by Crippen LogP contribution is 2.18. The molecule has 11 heteroatoms. The lowest BCUT2D eigenvalue weighted by molar-refractivity contribution is -0.154. The van der Waals surface area contributed by atoms with Crippen LogP contribution in [0.1, 0.15) is 31.7 Å². The number of piperidine rings is 1. The van der Waals surface area contributed by atoms with Gasteiger partial charge in [-0.15, -0.1) is 24.0 Å². The maximum atomic E-state index is 12.2. The van der Waals surface area contributed by atoms with Gasteiger partial charge in [0, 0.05) is 52.2 Å². The van der Waals surface area contributed by atoms with E-state index in [9.17, 15) is 13.2 Å². The zero-order valence-electron chi connectivity index (χ0n) is 18.0. The van der Waals surface area contributed by atoms with Gasteiger partial charge in [-0.3, -0.25) is 0 Å². The van der Waals surface area contributed by atoms with Gasteiger partial charge < -0.3 is 24.4 Å². The van der Waals surface area contributed by atoms with Crippen LogP contribution in [0.15, 0.2) is 23.3 Å². The summed E-state index contributed by atoms with van der Waals surface area (Å²) in [6, 6.07) is 3.10. The number of halogens is 4. The number of ether oxygens (including phenoxy) is 3. The molecule has 1 aliphatic rings. The number of nitrogens with one attached hydrogen (secondary N) is 1. The van der Waals surface area contributed by atoms with E-state index in [1.165, 1.54) is 12.3 Å². The topological polar surface area (TPSA) is 68.2 Å². The van der Waals surface area contributed by atoms with Crippen molar-refractivity contribution in [2.45, 2.75) is 45.0 Å². The molecule has 1 aliphatic heterocycles. The summed E-state index contributed by atoms with van der Waals surface area (Å²) in [6.45, 7) is 4.90. The maximum Gasteiger partial charge on any atom is 0.422 e. The van der Waals surface area contributed by atoms with E-state index in [1.54, 1.807) is 13.2 Å². The summed E-state index contributed by atoms with van der Waals surface area (Å²) in [5.41, 5.74) is 0.793. The molecule has 0 spiro atoms. The SMILES string of the molecule is CCNC(=NCc1ccc(OCC(F)(F)F)nc1)N1CCC(OCCCOC)CC1.I. The van der Waals surface area contributed by atoms with Crippen molar-refractivity contribution >= 4 is 29.9 Å². The normalized spacial score (nSPS) is 15.5. The fourth-order valence-electron chi connectivity index (χ4n) is 3.03. The molecule has 0 aromatic carbocycles. The number of hydrogen-bond acceptors (Lipinski definition) is 5. The van der Waals surface area contributed by atoms with Crippen LogP contribution >= 0.6 is 24.0 Å². The smallest absolute Gasteiger partial charge is 0.422 e. The number of nitrogens with zero attached hydrogens (tertiary/aromatic N) is 3. The Morgan fingerprint density at radius 1 is 1.26 bits per heavy atom. The van der Waals surface area contributed by atoms with Crippen LogP contribution in [0.5, 0.6) is 5.88 Å². The molecule has 0 amide bonds. The van der Waals surface area contributed by atoms with Crippen molar-refractivity contribution in [2.75, 3.05) is 46.6 Å². The van der Waals surface area contributed by atoms with Gasteiger partial charge in [0.25, 0.3) is 0 Å². The van der Waals surface area contributed by atoms with Crippen molar-refractivity contribution in [1.29, 1.82) is 0 Å². The van der Waals surface area contributed by atoms with Gasteiger partial charge in [0.05, 0.1) is 12.6 Å². The van der Waals surface area contributed by atoms with Crippen LogP contribution < -0.4 is 10.1 Å². The molecule has 178 valence electrons. The van der Waals surface area contributed by atoms with Gasteiger partial charge in [-0.2, -0.15) is 13.2 Å². The van der Waals surface area contributed by atoms with Crippen LogP contribution in [0.3, 0.4) is 0 Å². The minimum absolute atomic E-state index is 0. The van der Waals surface area contributed by atoms with E-state index in [0.29, 0.717) is 19.8 Å². The molecule has 0 radical (unpaired) electrons. The Labute approximate surface area is 198 Å². The van der Waals surface area contributed by atoms with E-state index >= 15 is 0 Å². The van der Waals surface area contributed by atoms with Gasteiger partial charge in [-0.25, -0.2) is 9.98 Å². The first-order valence-electron chi connectivity index (χ1n) is 10.2. The van der Waals surface area contributed by atoms with E-state index in [-0.39, 0.29) is 36.0 Å². The van der Waals surface area contributed by atoms with Crippen molar-refractivity contribution in [2.24, 2.45) is 4.99 Å². The average Bonchev–Trinajstić information content (AvgIpc) is 2.73. The van der Waals surface area contributed by atoms with Crippen molar-refractivity contribution < 1.29 is 27.4 Å². The molecule has 0 bridgehead atoms. The quantitative estimate of drug-likeness (QED) is 0.204. The minimum atomic E-state index is -4.38. The molecule has 1 N–H and O–H groups in total. The number of alkyl halides is 3. The summed E-state index contributed by atoms with van der Waals surface area (Å²) in [4.78, 5) is 10.8. The number of hydrogen-bond donors (Lipinski definition) is 1. The number of aliphatic imine (C=N–C) groups is 1. The first-order chi connectivity index (χ1) is 14.4. The zero-order chi connectivity index (χ0) is 21.8. The van der Waals surface area contributed by atoms with Gasteiger partial charge in [-0.05, 0) is 31.7 Å². The molecule has 1 fully saturated rings. The Morgan fingerprint density at radius 2 is 2.00 bits per heavy atom. The van der Waals surface area contributed by atoms with Gasteiger partial charge >= 0.3 is 6.18 Å². The molecule has 7 nitrogen and oxygen atoms in total. The highest BCUT2D eigenvalue weighted by atomic mass is 127. The van der Waals surface area contributed by atoms with Crippen LogP contribution in [-0.4, -0.2) is 74.7 Å². The molecular weight excluding hydrogens is 528 g/mol. The lowest BCUT2D eigenvalue weighted by Gasteiger charge is -2.34. The first-order valence-corrected chi connectivity index (χ1v) is 10.2. The van der Waals surface area contributed by atoms with Gasteiger partial charge in [0.15, 0.2) is 12.6 Å². The van der Waals surface area contributed by atoms with Crippen molar-refractivity contribution in [3.05, 3.63) is 23.9 Å². The second-order valence-corrected chi connectivity index (χ2v) is 6.98. The molecule has 1 aromatic rings. The van der Waals surface area contributed by atoms with Crippen LogP contribution in [-0.2, 0) is 16.0 Å². The number of guanidine groups is 1. The highest BCUT2D eigenvalue weighted by molar-refractivity contribution is 14.0. The standard InChI is InChI=1S/C20H31F3N4O3.HI/c1-3-24-19(27-9-7-17(8-10-27)29-12-4-11-28-2)26-14-16-5-6-18(25-13-16)30-15-20(21,22)23;/h5-6,13,17H,3-4,7-12,14-15H2,1-2H3,(H,24,26);1H. The Kier molecular flexibility index (Phi) is 13.1. The molecule has 1 aromatic heterocycles. The monoisotopic (exact) mass is 560 g/mol. The van der Waals surface area contributed by atoms with E-state index in [0.717, 1.165) is 50.4 Å². The third kappa shape index (κ3) is 11.2. The molecule has 0 saturated carbocycles. The summed E-state index contributed by atoms with van der Waals surface area (Å²) in [5, 5.41) is 3.29. The second kappa shape index (κ2) is 14.7. The van der Waals surface area contributed by atoms with Crippen molar-refractivity contribution in [1.82, 2.24) is 15.2 Å². The summed E-state index contributed by atoms with van der Waals surface area (Å²) in [5.74, 6) is 0.757. The van der Waals surface area contributed by atoms with Crippen molar-refractivity contribution in [3.63, 3.8) is 0 Å². The van der Waals surface area contributed by atoms with Crippen LogP contribution in [0, 0.1) is 0 Å². The molecule has 0 atom stereocenters. The third-order valence-corrected chi connectivity index (χ3v) is 4.52. The maximum absolute atomic E-state index is 12.2. The Bertz CT molecular complexity index is 640. The zero-order valence-corrected chi connectivity index (χ0v) is 20.3. The molecule has 0 aliphatic carbocycles. The van der Waals surface area contributed by atoms with E-state index < -0.39 is 12.8 Å². The molecule has 2 heterocycles. The number of likely N-dealkylation sites (tertiary alicyclic amines) is 1. The summed E-state index contributed by atoms with van der Waals surface area (Å²) >= 11 is 0. The largest absolute Gasteiger partial charge is 0.468 e. The molecule has 0 unspecified atom stereocenters. The Balaban J connectivity index is 0.00000480. The molecule has 1 saturated heterocycles. The van der Waals surface area contributed by atoms with Crippen LogP contribution in [0.25, 0.3) is 0 Å². The number of pyridine rings is 1. The van der Waals surface area contributed by atoms with Gasteiger partial charge in [0.1, 0.15) is 0 Å². The number of aromatic nitrogens is 1. The third-order valence-electron chi connectivity index (χ3n) is 4.52. The fourth-order valence-corrected chi connectivity index (χ4v) is 3.03. The average molecular weight is 560 g/mol. The summed E-state index contributed by atoms with van der Waals surface area (Å²) < 4.78 is 52.2. The predicted octanol–water partition coefficient (Wildman–Crippen LogP) is 3.62. The summed E-state index contributed by atoms with van der Waals surface area (Å²) in [7, 11) is 1.69. The van der Waals surface area contributed by atoms with E-state index in [4.69, 9.17) is 9.47 Å². The van der Waals surface area contributed by atoms with Crippen LogP contribution in [0.2, 0.25) is 0 Å². The predicted molar refractivity (Wildman–Crippen MR) is 123 cm³/mol. The van der Waals surface area contributed by atoms with Crippen LogP contribution in [0.4, 0.5) is 13.2 Å².